The maximum Gasteiger partial charge on any atom is 0.109 e. The van der Waals surface area contributed by atoms with E-state index in [2.05, 4.69) is 0 Å². The molecule has 2 N–H and O–H groups in total. The summed E-state index contributed by atoms with van der Waals surface area (Å²) in [5, 5.41) is 20.7. The number of allylic oxidation sites excluding steroid dienone is 2. The SMILES string of the molecule is CCC1(CC)C(O)=C(c2ccccc2)C=C[C@H]1O. The van der Waals surface area contributed by atoms with Gasteiger partial charge in [0.2, 0.25) is 0 Å². The van der Waals surface area contributed by atoms with Crippen LogP contribution in [0.4, 0.5) is 0 Å². The highest BCUT2D eigenvalue weighted by Gasteiger charge is 2.41. The van der Waals surface area contributed by atoms with Crippen LogP contribution in [0.25, 0.3) is 5.57 Å². The van der Waals surface area contributed by atoms with E-state index in [9.17, 15) is 10.2 Å². The predicted octanol–water partition coefficient (Wildman–Crippen LogP) is 3.69. The standard InChI is InChI=1S/C16H20O2/c1-3-16(4-2)14(17)11-10-13(15(16)18)12-8-6-5-7-9-12/h5-11,14,17-18H,3-4H2,1-2H3/t14-/m1/s1. The predicted molar refractivity (Wildman–Crippen MR) is 74.2 cm³/mol. The molecule has 1 atom stereocenters. The van der Waals surface area contributed by atoms with Gasteiger partial charge in [0.15, 0.2) is 0 Å². The second-order valence-electron chi connectivity index (χ2n) is 4.80. The van der Waals surface area contributed by atoms with E-state index < -0.39 is 11.5 Å². The largest absolute Gasteiger partial charge is 0.511 e. The summed E-state index contributed by atoms with van der Waals surface area (Å²) in [7, 11) is 0. The van der Waals surface area contributed by atoms with E-state index in [4.69, 9.17) is 0 Å². The Hall–Kier alpha value is -1.54. The van der Waals surface area contributed by atoms with Crippen molar-refractivity contribution in [3.63, 3.8) is 0 Å². The summed E-state index contributed by atoms with van der Waals surface area (Å²) in [6.45, 7) is 4.01. The van der Waals surface area contributed by atoms with Gasteiger partial charge < -0.3 is 10.2 Å². The maximum absolute atomic E-state index is 10.6. The van der Waals surface area contributed by atoms with Crippen LogP contribution < -0.4 is 0 Å². The summed E-state index contributed by atoms with van der Waals surface area (Å²) in [5.41, 5.74) is 1.27. The Kier molecular flexibility index (Phi) is 3.58. The zero-order valence-electron chi connectivity index (χ0n) is 10.9. The molecule has 1 aliphatic carbocycles. The fourth-order valence-corrected chi connectivity index (χ4v) is 2.71. The van der Waals surface area contributed by atoms with Gasteiger partial charge >= 0.3 is 0 Å². The molecular formula is C16H20O2. The first-order chi connectivity index (χ1) is 8.65. The summed E-state index contributed by atoms with van der Waals surface area (Å²) in [6, 6.07) is 9.81. The van der Waals surface area contributed by atoms with Crippen LogP contribution in [0.15, 0.2) is 48.2 Å². The Morgan fingerprint density at radius 3 is 2.28 bits per heavy atom. The quantitative estimate of drug-likeness (QED) is 0.851. The van der Waals surface area contributed by atoms with E-state index in [1.807, 2.05) is 50.3 Å². The summed E-state index contributed by atoms with van der Waals surface area (Å²) < 4.78 is 0. The third kappa shape index (κ3) is 1.87. The minimum atomic E-state index is -0.611. The number of rotatable bonds is 3. The third-order valence-electron chi connectivity index (χ3n) is 4.08. The molecule has 0 unspecified atom stereocenters. The van der Waals surface area contributed by atoms with Crippen molar-refractivity contribution in [2.45, 2.75) is 32.8 Å². The lowest BCUT2D eigenvalue weighted by Gasteiger charge is -2.38. The van der Waals surface area contributed by atoms with Crippen molar-refractivity contribution >= 4 is 5.57 Å². The minimum Gasteiger partial charge on any atom is -0.511 e. The van der Waals surface area contributed by atoms with Crippen molar-refractivity contribution in [1.82, 2.24) is 0 Å². The molecule has 2 rings (SSSR count). The first-order valence-corrected chi connectivity index (χ1v) is 6.51. The molecule has 0 bridgehead atoms. The molecule has 1 aromatic carbocycles. The number of hydrogen-bond acceptors (Lipinski definition) is 2. The van der Waals surface area contributed by atoms with Gasteiger partial charge in [0, 0.05) is 5.57 Å². The Bertz CT molecular complexity index is 467. The molecule has 0 amide bonds. The molecule has 0 fully saturated rings. The Balaban J connectivity index is 2.54. The molecular weight excluding hydrogens is 224 g/mol. The topological polar surface area (TPSA) is 40.5 Å². The van der Waals surface area contributed by atoms with Gasteiger partial charge in [-0.3, -0.25) is 0 Å². The maximum atomic E-state index is 10.6. The first-order valence-electron chi connectivity index (χ1n) is 6.51. The normalized spacial score (nSPS) is 22.3. The lowest BCUT2D eigenvalue weighted by molar-refractivity contribution is 0.0472. The van der Waals surface area contributed by atoms with Crippen LogP contribution in [0.5, 0.6) is 0 Å². The van der Waals surface area contributed by atoms with Crippen molar-refractivity contribution in [3.05, 3.63) is 53.8 Å². The van der Waals surface area contributed by atoms with Crippen LogP contribution in [-0.4, -0.2) is 16.3 Å². The van der Waals surface area contributed by atoms with E-state index in [-0.39, 0.29) is 0 Å². The Labute approximate surface area is 108 Å². The molecule has 0 radical (unpaired) electrons. The fraction of sp³-hybridized carbons (Fsp3) is 0.375. The van der Waals surface area contributed by atoms with Gasteiger partial charge in [-0.2, -0.15) is 0 Å². The van der Waals surface area contributed by atoms with Gasteiger partial charge in [-0.25, -0.2) is 0 Å². The van der Waals surface area contributed by atoms with Crippen molar-refractivity contribution in [1.29, 1.82) is 0 Å². The lowest BCUT2D eigenvalue weighted by Crippen LogP contribution is -2.37. The molecule has 0 saturated carbocycles. The van der Waals surface area contributed by atoms with Crippen LogP contribution in [0.3, 0.4) is 0 Å². The van der Waals surface area contributed by atoms with Crippen LogP contribution in [-0.2, 0) is 0 Å². The van der Waals surface area contributed by atoms with Gasteiger partial charge in [-0.15, -0.1) is 0 Å². The molecule has 1 aromatic rings. The van der Waals surface area contributed by atoms with Crippen molar-refractivity contribution in [2.24, 2.45) is 5.41 Å². The number of aliphatic hydroxyl groups is 2. The van der Waals surface area contributed by atoms with Gasteiger partial charge in [0.1, 0.15) is 5.76 Å². The monoisotopic (exact) mass is 244 g/mol. The molecule has 0 spiro atoms. The molecule has 2 nitrogen and oxygen atoms in total. The smallest absolute Gasteiger partial charge is 0.109 e. The molecule has 18 heavy (non-hydrogen) atoms. The summed E-state index contributed by atoms with van der Waals surface area (Å²) in [5.74, 6) is 0.314. The molecule has 96 valence electrons. The summed E-state index contributed by atoms with van der Waals surface area (Å²) >= 11 is 0. The van der Waals surface area contributed by atoms with Crippen LogP contribution in [0, 0.1) is 5.41 Å². The van der Waals surface area contributed by atoms with Gasteiger partial charge in [-0.1, -0.05) is 56.3 Å². The molecule has 2 heteroatoms. The first kappa shape index (κ1) is 12.9. The van der Waals surface area contributed by atoms with E-state index in [1.165, 1.54) is 0 Å². The molecule has 0 aliphatic heterocycles. The van der Waals surface area contributed by atoms with Crippen LogP contribution >= 0.6 is 0 Å². The zero-order chi connectivity index (χ0) is 13.2. The number of benzene rings is 1. The van der Waals surface area contributed by atoms with E-state index in [1.54, 1.807) is 6.08 Å². The van der Waals surface area contributed by atoms with Gasteiger partial charge in [-0.05, 0) is 18.4 Å². The highest BCUT2D eigenvalue weighted by atomic mass is 16.3. The Morgan fingerprint density at radius 1 is 1.11 bits per heavy atom. The second-order valence-corrected chi connectivity index (χ2v) is 4.80. The second kappa shape index (κ2) is 4.99. The van der Waals surface area contributed by atoms with Crippen molar-refractivity contribution in [3.8, 4) is 0 Å². The number of aliphatic hydroxyl groups excluding tert-OH is 2. The average Bonchev–Trinajstić information content (AvgIpc) is 2.41. The van der Waals surface area contributed by atoms with Crippen molar-refractivity contribution < 1.29 is 10.2 Å². The minimum absolute atomic E-state index is 0.314. The third-order valence-corrected chi connectivity index (χ3v) is 4.08. The van der Waals surface area contributed by atoms with Gasteiger partial charge in [0.05, 0.1) is 11.5 Å². The number of hydrogen-bond donors (Lipinski definition) is 2. The lowest BCUT2D eigenvalue weighted by atomic mass is 9.70. The van der Waals surface area contributed by atoms with Crippen LogP contribution in [0.1, 0.15) is 32.3 Å². The summed E-state index contributed by atoms with van der Waals surface area (Å²) in [4.78, 5) is 0. The van der Waals surface area contributed by atoms with E-state index in [0.29, 0.717) is 5.76 Å². The van der Waals surface area contributed by atoms with Crippen LogP contribution in [0.2, 0.25) is 0 Å². The zero-order valence-corrected chi connectivity index (χ0v) is 10.9. The summed E-state index contributed by atoms with van der Waals surface area (Å²) in [6.07, 6.45) is 4.43. The van der Waals surface area contributed by atoms with Crippen molar-refractivity contribution in [2.75, 3.05) is 0 Å². The van der Waals surface area contributed by atoms with E-state index >= 15 is 0 Å². The molecule has 0 saturated heterocycles. The highest BCUT2D eigenvalue weighted by molar-refractivity contribution is 5.77. The Morgan fingerprint density at radius 2 is 1.72 bits per heavy atom. The van der Waals surface area contributed by atoms with E-state index in [0.717, 1.165) is 24.0 Å². The average molecular weight is 244 g/mol. The van der Waals surface area contributed by atoms with Gasteiger partial charge in [0.25, 0.3) is 0 Å². The molecule has 0 heterocycles. The molecule has 0 aromatic heterocycles. The fourth-order valence-electron chi connectivity index (χ4n) is 2.71. The molecule has 1 aliphatic rings. The highest BCUT2D eigenvalue weighted by Crippen LogP contribution is 2.44.